The van der Waals surface area contributed by atoms with Crippen molar-refractivity contribution in [3.05, 3.63) is 202 Å². The van der Waals surface area contributed by atoms with Gasteiger partial charge in [-0.3, -0.25) is 14.5 Å². The highest BCUT2D eigenvalue weighted by Crippen LogP contribution is 2.43. The number of nitrogens with two attached hydrogens (primary N) is 1. The molecule has 3 N–H and O–H groups in total. The minimum atomic E-state index is -4.14. The highest BCUT2D eigenvalue weighted by molar-refractivity contribution is 8.00. The van der Waals surface area contributed by atoms with Gasteiger partial charge >= 0.3 is 16.1 Å². The molecule has 5 aromatic carbocycles. The number of β-lactam (4-membered cyclic amide) rings is 1. The minimum absolute atomic E-state index is 0.101. The lowest BCUT2D eigenvalue weighted by atomic mass is 9.80. The predicted octanol–water partition coefficient (Wildman–Crippen LogP) is 6.36. The SMILES string of the molecule is CS(=O)(=O)OC1=C(C(=O)OC(c2ccccc2)c2ccccc2)N2C(=O)[C@@H](NC(=O)C(=NOC(c3ccccc3)(c3ccccc3)c3ccccc3)c3csc(N)n3)[C@@H]2SC1. The summed E-state index contributed by atoms with van der Waals surface area (Å²) in [6.45, 7) is 0. The first-order chi connectivity index (χ1) is 29.5. The zero-order valence-electron chi connectivity index (χ0n) is 32.4. The summed E-state index contributed by atoms with van der Waals surface area (Å²) in [6.07, 6.45) is -0.0749. The Kier molecular flexibility index (Phi) is 11.7. The molecule has 6 aromatic rings. The van der Waals surface area contributed by atoms with E-state index >= 15 is 0 Å². The van der Waals surface area contributed by atoms with Gasteiger partial charge in [-0.15, -0.1) is 23.1 Å². The molecule has 0 radical (unpaired) electrons. The Hall–Kier alpha value is -6.75. The van der Waals surface area contributed by atoms with Gasteiger partial charge in [0.25, 0.3) is 11.8 Å². The molecule has 1 fully saturated rings. The number of rotatable bonds is 14. The first-order valence-electron chi connectivity index (χ1n) is 18.9. The van der Waals surface area contributed by atoms with Crippen LogP contribution >= 0.6 is 23.1 Å². The van der Waals surface area contributed by atoms with Crippen molar-refractivity contribution in [3.8, 4) is 0 Å². The van der Waals surface area contributed by atoms with Crippen molar-refractivity contribution in [2.24, 2.45) is 5.16 Å². The number of nitrogens with zero attached hydrogens (tertiary/aromatic N) is 3. The van der Waals surface area contributed by atoms with E-state index in [9.17, 15) is 22.8 Å². The van der Waals surface area contributed by atoms with Crippen LogP contribution in [0.4, 0.5) is 5.13 Å². The quantitative estimate of drug-likeness (QED) is 0.0311. The Morgan fingerprint density at radius 1 is 0.820 bits per heavy atom. The van der Waals surface area contributed by atoms with E-state index < -0.39 is 51.0 Å². The zero-order valence-corrected chi connectivity index (χ0v) is 34.8. The van der Waals surface area contributed by atoms with E-state index in [0.717, 1.165) is 50.9 Å². The normalized spacial score (nSPS) is 16.7. The highest BCUT2D eigenvalue weighted by atomic mass is 32.2. The van der Waals surface area contributed by atoms with E-state index in [0.29, 0.717) is 11.1 Å². The second-order valence-electron chi connectivity index (χ2n) is 13.9. The van der Waals surface area contributed by atoms with Crippen LogP contribution in [-0.2, 0) is 43.9 Å². The number of thiazole rings is 1. The van der Waals surface area contributed by atoms with Gasteiger partial charge in [-0.05, 0) is 11.1 Å². The number of anilines is 1. The molecule has 0 aliphatic carbocycles. The first kappa shape index (κ1) is 41.0. The van der Waals surface area contributed by atoms with Gasteiger partial charge in [0.2, 0.25) is 5.60 Å². The number of aromatic nitrogens is 1. The minimum Gasteiger partial charge on any atom is -0.448 e. The number of thioether (sulfide) groups is 1. The number of carbonyl (C=O) groups excluding carboxylic acids is 3. The van der Waals surface area contributed by atoms with Crippen LogP contribution in [0.15, 0.2) is 174 Å². The van der Waals surface area contributed by atoms with Crippen LogP contribution in [0.3, 0.4) is 0 Å². The van der Waals surface area contributed by atoms with Gasteiger partial charge in [-0.25, -0.2) is 9.78 Å². The van der Waals surface area contributed by atoms with Crippen molar-refractivity contribution < 1.29 is 36.6 Å². The molecule has 0 bridgehead atoms. The van der Waals surface area contributed by atoms with Gasteiger partial charge in [-0.2, -0.15) is 8.42 Å². The van der Waals surface area contributed by atoms with Crippen molar-refractivity contribution in [1.82, 2.24) is 15.2 Å². The predicted molar refractivity (Wildman–Crippen MR) is 232 cm³/mol. The molecule has 2 aliphatic heterocycles. The number of amides is 2. The topological polar surface area (TPSA) is 180 Å². The van der Waals surface area contributed by atoms with Crippen LogP contribution in [0, 0.1) is 0 Å². The molecule has 2 aliphatic rings. The molecule has 13 nitrogen and oxygen atoms in total. The first-order valence-corrected chi connectivity index (χ1v) is 22.6. The molecule has 8 rings (SSSR count). The third kappa shape index (κ3) is 8.50. The van der Waals surface area contributed by atoms with E-state index in [1.54, 1.807) is 53.9 Å². The molecule has 0 spiro atoms. The number of benzene rings is 5. The number of nitrogen functional groups attached to an aromatic ring is 1. The van der Waals surface area contributed by atoms with Crippen molar-refractivity contribution >= 4 is 61.8 Å². The molecule has 1 saturated heterocycles. The molecule has 16 heteroatoms. The van der Waals surface area contributed by atoms with E-state index in [1.807, 2.05) is 103 Å². The Morgan fingerprint density at radius 3 is 1.77 bits per heavy atom. The lowest BCUT2D eigenvalue weighted by Crippen LogP contribution is -2.71. The van der Waals surface area contributed by atoms with Crippen LogP contribution in [-0.4, -0.2) is 65.2 Å². The molecule has 308 valence electrons. The molecule has 2 atom stereocenters. The fourth-order valence-corrected chi connectivity index (χ4v) is 9.55. The lowest BCUT2D eigenvalue weighted by Gasteiger charge is -2.49. The number of nitrogens with one attached hydrogen (secondary N) is 1. The number of esters is 1. The maximum absolute atomic E-state index is 14.4. The van der Waals surface area contributed by atoms with Gasteiger partial charge < -0.3 is 24.8 Å². The van der Waals surface area contributed by atoms with E-state index in [1.165, 1.54) is 0 Å². The molecule has 1 aromatic heterocycles. The molecule has 0 unspecified atom stereocenters. The number of oxime groups is 1. The Balaban J connectivity index is 1.13. The van der Waals surface area contributed by atoms with Crippen LogP contribution < -0.4 is 11.1 Å². The highest BCUT2D eigenvalue weighted by Gasteiger charge is 2.56. The number of carbonyl (C=O) groups is 3. The van der Waals surface area contributed by atoms with E-state index in [4.69, 9.17) is 19.5 Å². The van der Waals surface area contributed by atoms with Crippen molar-refractivity contribution in [1.29, 1.82) is 0 Å². The van der Waals surface area contributed by atoms with Crippen molar-refractivity contribution in [3.63, 3.8) is 0 Å². The fourth-order valence-electron chi connectivity index (χ4n) is 7.18. The van der Waals surface area contributed by atoms with Crippen LogP contribution in [0.2, 0.25) is 0 Å². The van der Waals surface area contributed by atoms with Crippen LogP contribution in [0.1, 0.15) is 39.6 Å². The third-order valence-corrected chi connectivity index (χ3v) is 12.3. The van der Waals surface area contributed by atoms with Crippen molar-refractivity contribution in [2.45, 2.75) is 23.1 Å². The average molecular weight is 872 g/mol. The van der Waals surface area contributed by atoms with Crippen LogP contribution in [0.25, 0.3) is 0 Å². The van der Waals surface area contributed by atoms with Gasteiger partial charge in [-0.1, -0.05) is 157 Å². The molecular weight excluding hydrogens is 835 g/mol. The summed E-state index contributed by atoms with van der Waals surface area (Å²) in [4.78, 5) is 54.9. The summed E-state index contributed by atoms with van der Waals surface area (Å²) in [6, 6.07) is 45.1. The fraction of sp³-hybridized carbons (Fsp3) is 0.133. The van der Waals surface area contributed by atoms with Gasteiger partial charge in [0, 0.05) is 22.1 Å². The number of fused-ring (bicyclic) bond motifs is 1. The summed E-state index contributed by atoms with van der Waals surface area (Å²) >= 11 is 2.19. The second-order valence-corrected chi connectivity index (χ2v) is 17.5. The van der Waals surface area contributed by atoms with E-state index in [-0.39, 0.29) is 33.7 Å². The van der Waals surface area contributed by atoms with Crippen molar-refractivity contribution in [2.75, 3.05) is 17.7 Å². The van der Waals surface area contributed by atoms with Gasteiger partial charge in [0.1, 0.15) is 17.1 Å². The second kappa shape index (κ2) is 17.5. The Morgan fingerprint density at radius 2 is 1.31 bits per heavy atom. The standard InChI is InChI=1S/C45H37N5O8S3/c1-61(54,55)57-35-28-59-42-37(41(52)50(42)38(35)43(53)56-39(29-17-7-2-8-18-29)30-19-9-3-10-20-30)48-40(51)36(34-27-60-44(46)47-34)49-58-45(31-21-11-4-12-22-31,32-23-13-5-14-24-32)33-25-15-6-16-26-33/h2-27,37,39,42H,28H2,1H3,(H2,46,47)(H,48,51)/t37-,42+/m1/s1. The Labute approximate surface area is 360 Å². The van der Waals surface area contributed by atoms with E-state index in [2.05, 4.69) is 15.5 Å². The number of hydrogen-bond acceptors (Lipinski definition) is 13. The van der Waals surface area contributed by atoms with Gasteiger partial charge in [0.05, 0.1) is 12.0 Å². The summed E-state index contributed by atoms with van der Waals surface area (Å²) in [7, 11) is -4.14. The molecule has 0 saturated carbocycles. The summed E-state index contributed by atoms with van der Waals surface area (Å²) in [5, 5.41) is 8.16. The average Bonchev–Trinajstić information content (AvgIpc) is 3.72. The molecule has 61 heavy (non-hydrogen) atoms. The smallest absolute Gasteiger partial charge is 0.359 e. The summed E-state index contributed by atoms with van der Waals surface area (Å²) < 4.78 is 36.2. The zero-order chi connectivity index (χ0) is 42.6. The molecule has 2 amide bonds. The maximum atomic E-state index is 14.4. The number of hydrogen-bond donors (Lipinski definition) is 2. The maximum Gasteiger partial charge on any atom is 0.359 e. The lowest BCUT2D eigenvalue weighted by molar-refractivity contribution is -0.154. The number of ether oxygens (including phenoxy) is 1. The largest absolute Gasteiger partial charge is 0.448 e. The molecule has 3 heterocycles. The molecular formula is C45H37N5O8S3. The van der Waals surface area contributed by atoms with Gasteiger partial charge in [0.15, 0.2) is 28.4 Å². The summed E-state index contributed by atoms with van der Waals surface area (Å²) in [5.41, 5.74) is 7.58. The summed E-state index contributed by atoms with van der Waals surface area (Å²) in [5.74, 6) is -2.94. The van der Waals surface area contributed by atoms with Crippen LogP contribution in [0.5, 0.6) is 0 Å². The Bertz CT molecular complexity index is 2580. The monoisotopic (exact) mass is 871 g/mol. The third-order valence-electron chi connectivity index (χ3n) is 9.89.